The maximum absolute atomic E-state index is 12.9. The number of benzene rings is 1. The highest BCUT2D eigenvalue weighted by Crippen LogP contribution is 2.23. The minimum atomic E-state index is -0.511. The van der Waals surface area contributed by atoms with Crippen LogP contribution in [0.25, 0.3) is 0 Å². The van der Waals surface area contributed by atoms with Crippen molar-refractivity contribution in [2.24, 2.45) is 7.05 Å². The molecule has 2 rings (SSSR count). The number of aromatic nitrogens is 3. The first-order valence-electron chi connectivity index (χ1n) is 6.02. The van der Waals surface area contributed by atoms with Crippen molar-refractivity contribution in [3.63, 3.8) is 0 Å². The third-order valence-corrected chi connectivity index (χ3v) is 3.91. The molecule has 0 aliphatic heterocycles. The average molecular weight is 311 g/mol. The first kappa shape index (κ1) is 15.1. The Morgan fingerprint density at radius 3 is 2.86 bits per heavy atom. The van der Waals surface area contributed by atoms with E-state index in [2.05, 4.69) is 15.5 Å². The van der Waals surface area contributed by atoms with Crippen LogP contribution in [0.3, 0.4) is 0 Å². The number of aromatic amines is 1. The maximum Gasteiger partial charge on any atom is 0.343 e. The third-order valence-electron chi connectivity index (χ3n) is 2.76. The molecule has 0 spiro atoms. The molecule has 0 aliphatic rings. The van der Waals surface area contributed by atoms with Gasteiger partial charge in [0.1, 0.15) is 5.82 Å². The number of nitrogens with two attached hydrogens (primary N) is 1. The van der Waals surface area contributed by atoms with E-state index in [-0.39, 0.29) is 17.3 Å². The van der Waals surface area contributed by atoms with Crippen molar-refractivity contribution in [1.82, 2.24) is 14.8 Å². The van der Waals surface area contributed by atoms with Gasteiger partial charge in [0.15, 0.2) is 5.16 Å². The first-order valence-corrected chi connectivity index (χ1v) is 6.90. The quantitative estimate of drug-likeness (QED) is 0.576. The van der Waals surface area contributed by atoms with Gasteiger partial charge in [-0.1, -0.05) is 11.8 Å². The number of nitrogen functional groups attached to an aromatic ring is 1. The van der Waals surface area contributed by atoms with Gasteiger partial charge in [0.25, 0.3) is 0 Å². The molecule has 0 aliphatic carbocycles. The Labute approximate surface area is 123 Å². The largest absolute Gasteiger partial charge is 0.397 e. The minimum absolute atomic E-state index is 0.146. The normalized spacial score (nSPS) is 12.1. The van der Waals surface area contributed by atoms with Gasteiger partial charge in [-0.2, -0.15) is 0 Å². The Balaban J connectivity index is 2.06. The summed E-state index contributed by atoms with van der Waals surface area (Å²) in [6, 6.07) is 3.73. The van der Waals surface area contributed by atoms with Crippen LogP contribution in [0.15, 0.2) is 28.2 Å². The molecular formula is C12H14FN5O2S. The van der Waals surface area contributed by atoms with E-state index in [4.69, 9.17) is 5.73 Å². The second kappa shape index (κ2) is 6.00. The molecule has 1 heterocycles. The van der Waals surface area contributed by atoms with Crippen molar-refractivity contribution in [2.75, 3.05) is 11.1 Å². The van der Waals surface area contributed by atoms with Gasteiger partial charge in [-0.15, -0.1) is 5.10 Å². The Morgan fingerprint density at radius 1 is 1.57 bits per heavy atom. The molecule has 9 heteroatoms. The Hall–Kier alpha value is -2.29. The van der Waals surface area contributed by atoms with E-state index < -0.39 is 11.1 Å². The van der Waals surface area contributed by atoms with E-state index in [9.17, 15) is 14.0 Å². The molecule has 4 N–H and O–H groups in total. The Kier molecular flexibility index (Phi) is 4.32. The summed E-state index contributed by atoms with van der Waals surface area (Å²) in [5.74, 6) is -0.798. The van der Waals surface area contributed by atoms with Crippen LogP contribution < -0.4 is 16.7 Å². The molecule has 1 aromatic heterocycles. The summed E-state index contributed by atoms with van der Waals surface area (Å²) >= 11 is 1.12. The number of carbonyl (C=O) groups excluding carboxylic acids is 1. The minimum Gasteiger partial charge on any atom is -0.397 e. The first-order chi connectivity index (χ1) is 9.88. The van der Waals surface area contributed by atoms with Crippen molar-refractivity contribution < 1.29 is 9.18 Å². The summed E-state index contributed by atoms with van der Waals surface area (Å²) in [5, 5.41) is 8.59. The lowest BCUT2D eigenvalue weighted by Gasteiger charge is -2.12. The van der Waals surface area contributed by atoms with Crippen LogP contribution >= 0.6 is 11.8 Å². The maximum atomic E-state index is 12.9. The number of anilines is 2. The van der Waals surface area contributed by atoms with Crippen molar-refractivity contribution in [3.8, 4) is 0 Å². The van der Waals surface area contributed by atoms with Crippen LogP contribution in [0.1, 0.15) is 6.92 Å². The number of nitrogens with zero attached hydrogens (tertiary/aromatic N) is 2. The van der Waals surface area contributed by atoms with E-state index in [0.29, 0.717) is 10.8 Å². The third kappa shape index (κ3) is 3.43. The van der Waals surface area contributed by atoms with Gasteiger partial charge >= 0.3 is 5.69 Å². The molecule has 1 amide bonds. The molecule has 2 aromatic rings. The van der Waals surface area contributed by atoms with Crippen molar-refractivity contribution in [3.05, 3.63) is 34.5 Å². The van der Waals surface area contributed by atoms with E-state index in [1.54, 1.807) is 14.0 Å². The summed E-state index contributed by atoms with van der Waals surface area (Å²) in [6.45, 7) is 1.67. The lowest BCUT2D eigenvalue weighted by molar-refractivity contribution is -0.115. The van der Waals surface area contributed by atoms with Crippen LogP contribution in [-0.2, 0) is 11.8 Å². The smallest absolute Gasteiger partial charge is 0.343 e. The van der Waals surface area contributed by atoms with Gasteiger partial charge in [-0.3, -0.25) is 9.36 Å². The van der Waals surface area contributed by atoms with E-state index in [1.807, 2.05) is 0 Å². The van der Waals surface area contributed by atoms with E-state index in [0.717, 1.165) is 17.8 Å². The topological polar surface area (TPSA) is 106 Å². The van der Waals surface area contributed by atoms with Crippen molar-refractivity contribution in [1.29, 1.82) is 0 Å². The molecule has 0 saturated heterocycles. The van der Waals surface area contributed by atoms with Crippen LogP contribution in [-0.4, -0.2) is 25.9 Å². The number of hydrogen-bond donors (Lipinski definition) is 3. The number of rotatable bonds is 4. The molecule has 0 saturated carbocycles. The fourth-order valence-corrected chi connectivity index (χ4v) is 2.35. The van der Waals surface area contributed by atoms with Gasteiger partial charge in [0, 0.05) is 7.05 Å². The lowest BCUT2D eigenvalue weighted by atomic mass is 10.2. The summed E-state index contributed by atoms with van der Waals surface area (Å²) in [5.41, 5.74) is 5.76. The number of H-pyrrole nitrogens is 1. The number of nitrogens with one attached hydrogen (secondary N) is 2. The summed E-state index contributed by atoms with van der Waals surface area (Å²) in [7, 11) is 1.55. The van der Waals surface area contributed by atoms with Crippen LogP contribution in [0.5, 0.6) is 0 Å². The molecule has 0 radical (unpaired) electrons. The lowest BCUT2D eigenvalue weighted by Crippen LogP contribution is -2.23. The molecule has 1 atom stereocenters. The second-order valence-corrected chi connectivity index (χ2v) is 5.66. The zero-order valence-corrected chi connectivity index (χ0v) is 12.2. The molecular weight excluding hydrogens is 297 g/mol. The second-order valence-electron chi connectivity index (χ2n) is 4.35. The van der Waals surface area contributed by atoms with E-state index in [1.165, 1.54) is 16.7 Å². The zero-order valence-electron chi connectivity index (χ0n) is 11.4. The van der Waals surface area contributed by atoms with Gasteiger partial charge in [0.2, 0.25) is 5.91 Å². The highest BCUT2D eigenvalue weighted by atomic mass is 32.2. The number of hydrogen-bond acceptors (Lipinski definition) is 5. The Morgan fingerprint density at radius 2 is 2.29 bits per heavy atom. The molecule has 21 heavy (non-hydrogen) atoms. The molecule has 1 unspecified atom stereocenters. The van der Waals surface area contributed by atoms with Gasteiger partial charge < -0.3 is 11.1 Å². The van der Waals surface area contributed by atoms with Gasteiger partial charge in [-0.05, 0) is 25.1 Å². The van der Waals surface area contributed by atoms with Gasteiger partial charge in [0.05, 0.1) is 16.6 Å². The predicted molar refractivity (Wildman–Crippen MR) is 78.6 cm³/mol. The molecule has 1 aromatic carbocycles. The number of carbonyl (C=O) groups is 1. The highest BCUT2D eigenvalue weighted by molar-refractivity contribution is 8.00. The number of halogens is 1. The van der Waals surface area contributed by atoms with Gasteiger partial charge in [-0.25, -0.2) is 14.3 Å². The average Bonchev–Trinajstić information content (AvgIpc) is 2.73. The Bertz CT molecular complexity index is 727. The number of amides is 1. The summed E-state index contributed by atoms with van der Waals surface area (Å²) in [4.78, 5) is 23.3. The van der Waals surface area contributed by atoms with E-state index >= 15 is 0 Å². The van der Waals surface area contributed by atoms with Crippen molar-refractivity contribution in [2.45, 2.75) is 17.3 Å². The zero-order chi connectivity index (χ0) is 15.6. The standard InChI is InChI=1S/C12H14FN5O2S/c1-6(21-12-17-16-11(20)18(12)2)10(19)15-9-4-3-7(13)5-8(9)14/h3-6H,14H2,1-2H3,(H,15,19)(H,16,20). The SMILES string of the molecule is CC(Sc1n[nH]c(=O)n1C)C(=O)Nc1ccc(F)cc1N. The molecule has 112 valence electrons. The van der Waals surface area contributed by atoms with Crippen LogP contribution in [0.2, 0.25) is 0 Å². The highest BCUT2D eigenvalue weighted by Gasteiger charge is 2.18. The molecule has 0 fully saturated rings. The molecule has 7 nitrogen and oxygen atoms in total. The fraction of sp³-hybridized carbons (Fsp3) is 0.250. The fourth-order valence-electron chi connectivity index (χ4n) is 1.53. The monoisotopic (exact) mass is 311 g/mol. The predicted octanol–water partition coefficient (Wildman–Crippen LogP) is 0.949. The molecule has 0 bridgehead atoms. The number of thioether (sulfide) groups is 1. The van der Waals surface area contributed by atoms with Crippen molar-refractivity contribution >= 4 is 29.0 Å². The summed E-state index contributed by atoms with van der Waals surface area (Å²) < 4.78 is 14.2. The van der Waals surface area contributed by atoms with Crippen LogP contribution in [0, 0.1) is 5.82 Å². The van der Waals surface area contributed by atoms with Crippen LogP contribution in [0.4, 0.5) is 15.8 Å². The summed E-state index contributed by atoms with van der Waals surface area (Å²) in [6.07, 6.45) is 0.